The van der Waals surface area contributed by atoms with Crippen LogP contribution >= 0.6 is 0 Å². The van der Waals surface area contributed by atoms with Crippen molar-refractivity contribution in [1.29, 1.82) is 0 Å². The number of amides is 1. The molecule has 0 bridgehead atoms. The largest absolute Gasteiger partial charge is 0.493 e. The Morgan fingerprint density at radius 3 is 2.63 bits per heavy atom. The zero-order chi connectivity index (χ0) is 14.4. The maximum atomic E-state index is 11.1. The van der Waals surface area contributed by atoms with Gasteiger partial charge in [0.05, 0.1) is 19.8 Å². The van der Waals surface area contributed by atoms with Gasteiger partial charge in [0.1, 0.15) is 0 Å². The Morgan fingerprint density at radius 2 is 2.11 bits per heavy atom. The van der Waals surface area contributed by atoms with Gasteiger partial charge < -0.3 is 15.2 Å². The average Bonchev–Trinajstić information content (AvgIpc) is 2.39. The second-order valence-electron chi connectivity index (χ2n) is 4.41. The summed E-state index contributed by atoms with van der Waals surface area (Å²) >= 11 is 0. The van der Waals surface area contributed by atoms with Crippen LogP contribution in [0.5, 0.6) is 11.5 Å². The van der Waals surface area contributed by atoms with Gasteiger partial charge in [-0.1, -0.05) is 6.07 Å². The van der Waals surface area contributed by atoms with Crippen molar-refractivity contribution in [2.75, 3.05) is 20.8 Å². The van der Waals surface area contributed by atoms with Gasteiger partial charge in [-0.2, -0.15) is 0 Å². The molecule has 1 aromatic carbocycles. The van der Waals surface area contributed by atoms with Gasteiger partial charge in [-0.05, 0) is 38.6 Å². The molecule has 0 saturated carbocycles. The summed E-state index contributed by atoms with van der Waals surface area (Å²) in [6.07, 6.45) is 0. The zero-order valence-electron chi connectivity index (χ0n) is 12.0. The fraction of sp³-hybridized carbons (Fsp3) is 0.500. The first-order chi connectivity index (χ1) is 8.99. The topological polar surface area (TPSA) is 64.8 Å². The van der Waals surface area contributed by atoms with Crippen molar-refractivity contribution >= 4 is 5.91 Å². The van der Waals surface area contributed by atoms with E-state index in [9.17, 15) is 4.79 Å². The molecule has 1 atom stereocenters. The molecule has 106 valence electrons. The molecule has 0 aliphatic rings. The van der Waals surface area contributed by atoms with Crippen molar-refractivity contribution in [2.24, 2.45) is 5.73 Å². The van der Waals surface area contributed by atoms with Gasteiger partial charge in [0, 0.05) is 6.54 Å². The normalized spacial score (nSPS) is 12.3. The summed E-state index contributed by atoms with van der Waals surface area (Å²) in [6, 6.07) is 5.44. The van der Waals surface area contributed by atoms with Crippen molar-refractivity contribution in [2.45, 2.75) is 26.4 Å². The monoisotopic (exact) mass is 266 g/mol. The average molecular weight is 266 g/mol. The minimum absolute atomic E-state index is 0.308. The van der Waals surface area contributed by atoms with Crippen molar-refractivity contribution in [3.8, 4) is 11.5 Å². The molecular formula is C14H22N2O3. The smallest absolute Gasteiger partial charge is 0.234 e. The third-order valence-corrected chi connectivity index (χ3v) is 3.03. The van der Waals surface area contributed by atoms with Crippen molar-refractivity contribution in [3.63, 3.8) is 0 Å². The number of benzene rings is 1. The number of carbonyl (C=O) groups excluding carboxylic acids is 1. The van der Waals surface area contributed by atoms with Gasteiger partial charge in [-0.3, -0.25) is 9.69 Å². The van der Waals surface area contributed by atoms with E-state index in [1.807, 2.05) is 37.1 Å². The molecule has 0 heterocycles. The summed E-state index contributed by atoms with van der Waals surface area (Å²) in [6.45, 7) is 4.92. The quantitative estimate of drug-likeness (QED) is 0.810. The second kappa shape index (κ2) is 6.99. The summed E-state index contributed by atoms with van der Waals surface area (Å²) in [5, 5.41) is 0. The molecule has 0 radical (unpaired) electrons. The Hall–Kier alpha value is -1.75. The number of ether oxygens (including phenoxy) is 2. The second-order valence-corrected chi connectivity index (χ2v) is 4.41. The minimum Gasteiger partial charge on any atom is -0.493 e. The molecule has 1 aromatic rings. The van der Waals surface area contributed by atoms with E-state index in [-0.39, 0.29) is 11.9 Å². The molecule has 0 spiro atoms. The van der Waals surface area contributed by atoms with E-state index in [0.717, 1.165) is 11.3 Å². The number of likely N-dealkylation sites (N-methyl/N-ethyl adjacent to an activating group) is 1. The third-order valence-electron chi connectivity index (χ3n) is 3.03. The predicted molar refractivity (Wildman–Crippen MR) is 74.3 cm³/mol. The number of nitrogens with two attached hydrogens (primary N) is 1. The van der Waals surface area contributed by atoms with Crippen LogP contribution in [0.4, 0.5) is 0 Å². The summed E-state index contributed by atoms with van der Waals surface area (Å²) in [4.78, 5) is 13.0. The summed E-state index contributed by atoms with van der Waals surface area (Å²) in [5.41, 5.74) is 6.32. The highest BCUT2D eigenvalue weighted by Crippen LogP contribution is 2.28. The van der Waals surface area contributed by atoms with E-state index < -0.39 is 0 Å². The van der Waals surface area contributed by atoms with Gasteiger partial charge in [0.15, 0.2) is 11.5 Å². The Labute approximate surface area is 114 Å². The molecule has 0 fully saturated rings. The molecule has 0 saturated heterocycles. The molecule has 0 aliphatic carbocycles. The lowest BCUT2D eigenvalue weighted by Gasteiger charge is -2.22. The Balaban J connectivity index is 2.82. The molecule has 1 amide bonds. The highest BCUT2D eigenvalue weighted by molar-refractivity contribution is 5.79. The molecule has 2 N–H and O–H groups in total. The number of methoxy groups -OCH3 is 1. The highest BCUT2D eigenvalue weighted by Gasteiger charge is 2.15. The molecule has 1 rings (SSSR count). The molecular weight excluding hydrogens is 244 g/mol. The Bertz CT molecular complexity index is 435. The van der Waals surface area contributed by atoms with Crippen molar-refractivity contribution in [3.05, 3.63) is 23.8 Å². The van der Waals surface area contributed by atoms with Crippen LogP contribution in [0.2, 0.25) is 0 Å². The fourth-order valence-electron chi connectivity index (χ4n) is 1.73. The highest BCUT2D eigenvalue weighted by atomic mass is 16.5. The molecule has 0 unspecified atom stereocenters. The van der Waals surface area contributed by atoms with Crippen molar-refractivity contribution in [1.82, 2.24) is 4.90 Å². The lowest BCUT2D eigenvalue weighted by molar-refractivity contribution is -0.122. The number of primary amides is 1. The first-order valence-electron chi connectivity index (χ1n) is 6.28. The van der Waals surface area contributed by atoms with Crippen LogP contribution < -0.4 is 15.2 Å². The predicted octanol–water partition coefficient (Wildman–Crippen LogP) is 1.40. The number of nitrogens with zero attached hydrogens (tertiary/aromatic N) is 1. The SMILES string of the molecule is CCOc1ccc(CN(C)[C@@H](C)C(N)=O)cc1OC. The van der Waals surface area contributed by atoms with Crippen LogP contribution in [0, 0.1) is 0 Å². The summed E-state index contributed by atoms with van der Waals surface area (Å²) in [7, 11) is 3.47. The molecule has 0 aliphatic heterocycles. The molecule has 19 heavy (non-hydrogen) atoms. The van der Waals surface area contributed by atoms with E-state index in [1.165, 1.54) is 0 Å². The van der Waals surface area contributed by atoms with E-state index >= 15 is 0 Å². The molecule has 5 heteroatoms. The Kier molecular flexibility index (Phi) is 5.63. The van der Waals surface area contributed by atoms with Gasteiger partial charge in [0.2, 0.25) is 5.91 Å². The van der Waals surface area contributed by atoms with Gasteiger partial charge in [-0.25, -0.2) is 0 Å². The van der Waals surface area contributed by atoms with E-state index in [2.05, 4.69) is 0 Å². The lowest BCUT2D eigenvalue weighted by atomic mass is 10.1. The van der Waals surface area contributed by atoms with Crippen LogP contribution in [0.1, 0.15) is 19.4 Å². The van der Waals surface area contributed by atoms with Crippen molar-refractivity contribution < 1.29 is 14.3 Å². The number of hydrogen-bond donors (Lipinski definition) is 1. The number of rotatable bonds is 7. The van der Waals surface area contributed by atoms with Crippen LogP contribution in [-0.2, 0) is 11.3 Å². The maximum Gasteiger partial charge on any atom is 0.234 e. The van der Waals surface area contributed by atoms with Gasteiger partial charge >= 0.3 is 0 Å². The van der Waals surface area contributed by atoms with E-state index in [0.29, 0.717) is 18.9 Å². The van der Waals surface area contributed by atoms with E-state index in [1.54, 1.807) is 14.0 Å². The number of carbonyl (C=O) groups is 1. The van der Waals surface area contributed by atoms with E-state index in [4.69, 9.17) is 15.2 Å². The Morgan fingerprint density at radius 1 is 1.42 bits per heavy atom. The lowest BCUT2D eigenvalue weighted by Crippen LogP contribution is -2.39. The summed E-state index contributed by atoms with van der Waals surface area (Å²) < 4.78 is 10.8. The maximum absolute atomic E-state index is 11.1. The molecule has 5 nitrogen and oxygen atoms in total. The standard InChI is InChI=1S/C14H22N2O3/c1-5-19-12-7-6-11(8-13(12)18-4)9-16(3)10(2)14(15)17/h6-8,10H,5,9H2,1-4H3,(H2,15,17)/t10-/m0/s1. The van der Waals surface area contributed by atoms with Crippen LogP contribution in [0.15, 0.2) is 18.2 Å². The zero-order valence-corrected chi connectivity index (χ0v) is 12.0. The van der Waals surface area contributed by atoms with Crippen LogP contribution in [0.3, 0.4) is 0 Å². The molecule has 0 aromatic heterocycles. The first-order valence-corrected chi connectivity index (χ1v) is 6.28. The van der Waals surface area contributed by atoms with Gasteiger partial charge in [-0.15, -0.1) is 0 Å². The first kappa shape index (κ1) is 15.3. The third kappa shape index (κ3) is 4.13. The van der Waals surface area contributed by atoms with Crippen LogP contribution in [-0.4, -0.2) is 37.6 Å². The number of hydrogen-bond acceptors (Lipinski definition) is 4. The van der Waals surface area contributed by atoms with Crippen LogP contribution in [0.25, 0.3) is 0 Å². The minimum atomic E-state index is -0.333. The summed E-state index contributed by atoms with van der Waals surface area (Å²) in [5.74, 6) is 1.08. The fourth-order valence-corrected chi connectivity index (χ4v) is 1.73. The van der Waals surface area contributed by atoms with Gasteiger partial charge in [0.25, 0.3) is 0 Å².